The molecule has 0 saturated heterocycles. The summed E-state index contributed by atoms with van der Waals surface area (Å²) in [5.41, 5.74) is 2.46. The number of carbonyl (C=O) groups is 1. The summed E-state index contributed by atoms with van der Waals surface area (Å²) >= 11 is 0. The van der Waals surface area contributed by atoms with E-state index < -0.39 is 0 Å². The molecular weight excluding hydrogens is 398 g/mol. The van der Waals surface area contributed by atoms with E-state index in [2.05, 4.69) is 4.98 Å². The van der Waals surface area contributed by atoms with Crippen LogP contribution in [0.4, 0.5) is 0 Å². The lowest BCUT2D eigenvalue weighted by Gasteiger charge is -2.10. The first-order valence-electron chi connectivity index (χ1n) is 10.7. The lowest BCUT2D eigenvalue weighted by Crippen LogP contribution is -2.05. The molecule has 1 heterocycles. The summed E-state index contributed by atoms with van der Waals surface area (Å²) in [5.74, 6) is 1.73. The summed E-state index contributed by atoms with van der Waals surface area (Å²) in [4.78, 5) is 15.9. The Labute approximate surface area is 186 Å². The van der Waals surface area contributed by atoms with Gasteiger partial charge in [0.2, 0.25) is 0 Å². The molecule has 32 heavy (non-hydrogen) atoms. The number of rotatable bonds is 8. The van der Waals surface area contributed by atoms with Gasteiger partial charge in [-0.05, 0) is 47.2 Å². The van der Waals surface area contributed by atoms with Crippen molar-refractivity contribution < 1.29 is 14.3 Å². The molecule has 158 valence electrons. The molecule has 0 amide bonds. The zero-order valence-electron chi connectivity index (χ0n) is 17.6. The number of carbonyl (C=O) groups excluding carboxylic acids is 1. The monoisotopic (exact) mass is 421 g/mol. The van der Waals surface area contributed by atoms with Gasteiger partial charge >= 0.3 is 0 Å². The van der Waals surface area contributed by atoms with Crippen LogP contribution in [0, 0.1) is 0 Å². The molecule has 0 atom stereocenters. The third-order valence-corrected chi connectivity index (χ3v) is 5.48. The molecule has 4 heteroatoms. The molecule has 0 fully saturated rings. The normalized spacial score (nSPS) is 11.0. The van der Waals surface area contributed by atoms with Crippen molar-refractivity contribution in [2.45, 2.75) is 6.42 Å². The lowest BCUT2D eigenvalue weighted by molar-refractivity contribution is 0.103. The first kappa shape index (κ1) is 19.9. The van der Waals surface area contributed by atoms with Crippen LogP contribution in [-0.2, 0) is 0 Å². The number of H-pyrrole nitrogens is 1. The Morgan fingerprint density at radius 2 is 1.53 bits per heavy atom. The highest BCUT2D eigenvalue weighted by Crippen LogP contribution is 2.25. The largest absolute Gasteiger partial charge is 0.493 e. The van der Waals surface area contributed by atoms with Gasteiger partial charge in [0.25, 0.3) is 0 Å². The van der Waals surface area contributed by atoms with Crippen LogP contribution in [0.5, 0.6) is 11.5 Å². The first-order valence-corrected chi connectivity index (χ1v) is 10.7. The van der Waals surface area contributed by atoms with Gasteiger partial charge in [-0.2, -0.15) is 0 Å². The molecular formula is C28H23NO3. The highest BCUT2D eigenvalue weighted by Gasteiger charge is 2.09. The number of fused-ring (bicyclic) bond motifs is 2. The maximum Gasteiger partial charge on any atom is 0.193 e. The minimum atomic E-state index is 0.0307. The highest BCUT2D eigenvalue weighted by atomic mass is 16.5. The van der Waals surface area contributed by atoms with E-state index in [0.717, 1.165) is 39.6 Å². The Morgan fingerprint density at radius 3 is 2.44 bits per heavy atom. The molecule has 0 saturated carbocycles. The molecule has 1 N–H and O–H groups in total. The van der Waals surface area contributed by atoms with Crippen molar-refractivity contribution in [2.75, 3.05) is 13.2 Å². The van der Waals surface area contributed by atoms with E-state index in [0.29, 0.717) is 24.3 Å². The van der Waals surface area contributed by atoms with Crippen LogP contribution < -0.4 is 9.47 Å². The maximum atomic E-state index is 12.7. The van der Waals surface area contributed by atoms with Crippen molar-refractivity contribution in [3.05, 3.63) is 108 Å². The molecule has 0 unspecified atom stereocenters. The van der Waals surface area contributed by atoms with Gasteiger partial charge in [-0.3, -0.25) is 4.79 Å². The van der Waals surface area contributed by atoms with E-state index in [1.807, 2.05) is 97.2 Å². The fourth-order valence-corrected chi connectivity index (χ4v) is 3.82. The van der Waals surface area contributed by atoms with E-state index in [9.17, 15) is 4.79 Å². The second kappa shape index (κ2) is 8.98. The standard InChI is InChI=1S/C28H23NO3/c30-28(20-6-2-1-3-7-20)23-11-10-22-19-24(13-12-21(22)18-23)31-16-5-17-32-27-9-4-8-26-25(27)14-15-29-26/h1-4,6-15,18-19,29H,5,16-17H2. The number of hydrogen-bond acceptors (Lipinski definition) is 3. The first-order chi connectivity index (χ1) is 15.8. The predicted octanol–water partition coefficient (Wildman–Crippen LogP) is 6.40. The van der Waals surface area contributed by atoms with Crippen LogP contribution >= 0.6 is 0 Å². The smallest absolute Gasteiger partial charge is 0.193 e. The summed E-state index contributed by atoms with van der Waals surface area (Å²) in [7, 11) is 0. The molecule has 0 radical (unpaired) electrons. The van der Waals surface area contributed by atoms with E-state index in [-0.39, 0.29) is 5.78 Å². The summed E-state index contributed by atoms with van der Waals surface area (Å²) in [6, 6.07) is 29.1. The van der Waals surface area contributed by atoms with E-state index in [1.54, 1.807) is 0 Å². The van der Waals surface area contributed by atoms with E-state index in [1.165, 1.54) is 0 Å². The second-order valence-corrected chi connectivity index (χ2v) is 7.66. The number of aromatic amines is 1. The van der Waals surface area contributed by atoms with Crippen LogP contribution in [0.1, 0.15) is 22.3 Å². The van der Waals surface area contributed by atoms with Gasteiger partial charge in [0.15, 0.2) is 5.78 Å². The summed E-state index contributed by atoms with van der Waals surface area (Å²) < 4.78 is 11.8. The Hall–Kier alpha value is -4.05. The number of aromatic nitrogens is 1. The van der Waals surface area contributed by atoms with Crippen LogP contribution in [0.15, 0.2) is 97.2 Å². The maximum absolute atomic E-state index is 12.7. The van der Waals surface area contributed by atoms with Crippen LogP contribution in [0.2, 0.25) is 0 Å². The van der Waals surface area contributed by atoms with Gasteiger partial charge in [-0.15, -0.1) is 0 Å². The quantitative estimate of drug-likeness (QED) is 0.233. The summed E-state index contributed by atoms with van der Waals surface area (Å²) in [6.45, 7) is 1.15. The Morgan fingerprint density at radius 1 is 0.719 bits per heavy atom. The van der Waals surface area contributed by atoms with Gasteiger partial charge in [0, 0.05) is 34.6 Å². The topological polar surface area (TPSA) is 51.3 Å². The number of benzene rings is 4. The molecule has 0 aliphatic rings. The fourth-order valence-electron chi connectivity index (χ4n) is 3.82. The predicted molar refractivity (Wildman–Crippen MR) is 128 cm³/mol. The summed E-state index contributed by atoms with van der Waals surface area (Å²) in [5, 5.41) is 3.15. The zero-order valence-corrected chi connectivity index (χ0v) is 17.6. The third kappa shape index (κ3) is 4.21. The van der Waals surface area contributed by atoms with Gasteiger partial charge < -0.3 is 14.5 Å². The van der Waals surface area contributed by atoms with Crippen molar-refractivity contribution in [3.63, 3.8) is 0 Å². The van der Waals surface area contributed by atoms with Gasteiger partial charge in [-0.1, -0.05) is 54.6 Å². The third-order valence-electron chi connectivity index (χ3n) is 5.48. The van der Waals surface area contributed by atoms with Crippen molar-refractivity contribution >= 4 is 27.5 Å². The number of hydrogen-bond donors (Lipinski definition) is 1. The molecule has 4 aromatic carbocycles. The highest BCUT2D eigenvalue weighted by molar-refractivity contribution is 6.10. The summed E-state index contributed by atoms with van der Waals surface area (Å²) in [6.07, 6.45) is 2.70. The van der Waals surface area contributed by atoms with Gasteiger partial charge in [0.1, 0.15) is 11.5 Å². The van der Waals surface area contributed by atoms with E-state index >= 15 is 0 Å². The second-order valence-electron chi connectivity index (χ2n) is 7.66. The molecule has 0 spiro atoms. The average molecular weight is 421 g/mol. The molecule has 5 rings (SSSR count). The zero-order chi connectivity index (χ0) is 21.8. The number of nitrogens with one attached hydrogen (secondary N) is 1. The minimum Gasteiger partial charge on any atom is -0.493 e. The van der Waals surface area contributed by atoms with Crippen LogP contribution in [-0.4, -0.2) is 24.0 Å². The molecule has 4 nitrogen and oxygen atoms in total. The van der Waals surface area contributed by atoms with Crippen LogP contribution in [0.3, 0.4) is 0 Å². The van der Waals surface area contributed by atoms with Crippen molar-refractivity contribution in [1.82, 2.24) is 4.98 Å². The average Bonchev–Trinajstić information content (AvgIpc) is 3.33. The number of ether oxygens (including phenoxy) is 2. The lowest BCUT2D eigenvalue weighted by atomic mass is 10.00. The van der Waals surface area contributed by atoms with Crippen molar-refractivity contribution in [1.29, 1.82) is 0 Å². The Kier molecular flexibility index (Phi) is 5.58. The Bertz CT molecular complexity index is 1370. The minimum absolute atomic E-state index is 0.0307. The fraction of sp³-hybridized carbons (Fsp3) is 0.107. The van der Waals surface area contributed by atoms with Crippen LogP contribution in [0.25, 0.3) is 21.7 Å². The molecule has 0 aliphatic heterocycles. The van der Waals surface area contributed by atoms with Gasteiger partial charge in [0.05, 0.1) is 13.2 Å². The molecule has 1 aromatic heterocycles. The van der Waals surface area contributed by atoms with Crippen molar-refractivity contribution in [3.8, 4) is 11.5 Å². The SMILES string of the molecule is O=C(c1ccccc1)c1ccc2cc(OCCCOc3cccc4[nH]ccc34)ccc2c1. The molecule has 5 aromatic rings. The number of ketones is 1. The molecule has 0 bridgehead atoms. The van der Waals surface area contributed by atoms with Crippen molar-refractivity contribution in [2.24, 2.45) is 0 Å². The Balaban J connectivity index is 1.18. The van der Waals surface area contributed by atoms with Gasteiger partial charge in [-0.25, -0.2) is 0 Å². The van der Waals surface area contributed by atoms with E-state index in [4.69, 9.17) is 9.47 Å². The molecule has 0 aliphatic carbocycles.